The van der Waals surface area contributed by atoms with Gasteiger partial charge in [-0.25, -0.2) is 0 Å². The molecule has 0 aromatic heterocycles. The maximum absolute atomic E-state index is 12.9. The largest absolute Gasteiger partial charge is 0.462 e. The van der Waals surface area contributed by atoms with Gasteiger partial charge in [0.2, 0.25) is 0 Å². The highest BCUT2D eigenvalue weighted by atomic mass is 16.6. The van der Waals surface area contributed by atoms with Gasteiger partial charge in [0, 0.05) is 19.3 Å². The van der Waals surface area contributed by atoms with Crippen LogP contribution in [0.3, 0.4) is 0 Å². The van der Waals surface area contributed by atoms with Gasteiger partial charge in [0.25, 0.3) is 0 Å². The van der Waals surface area contributed by atoms with Gasteiger partial charge in [0.05, 0.1) is 0 Å². The van der Waals surface area contributed by atoms with Crippen molar-refractivity contribution in [2.24, 2.45) is 0 Å². The van der Waals surface area contributed by atoms with E-state index in [1.165, 1.54) is 263 Å². The molecule has 0 spiro atoms. The van der Waals surface area contributed by atoms with Crippen molar-refractivity contribution in [3.05, 3.63) is 48.6 Å². The third-order valence-corrected chi connectivity index (χ3v) is 15.6. The van der Waals surface area contributed by atoms with Crippen molar-refractivity contribution < 1.29 is 28.6 Å². The standard InChI is InChI=1S/C72H132O6/c1-4-7-10-13-16-19-22-25-28-30-32-34-35-36-37-39-40-42-44-47-50-53-56-59-62-65-71(74)77-68-69(67-76-70(73)64-61-58-55-52-49-46-27-24-21-18-15-12-9-6-3)78-72(75)66-63-60-57-54-51-48-45-43-41-38-33-31-29-26-23-20-17-14-11-8-5-2/h22,25,30-33,35-36,69H,4-21,23-24,26-29,34,37-68H2,1-3H3/b25-22-,32-30-,33-31-,36-35-. The molecule has 1 unspecified atom stereocenters. The van der Waals surface area contributed by atoms with Crippen LogP contribution in [0, 0.1) is 0 Å². The zero-order valence-corrected chi connectivity index (χ0v) is 52.5. The molecular weight excluding hydrogens is 961 g/mol. The normalized spacial score (nSPS) is 12.3. The van der Waals surface area contributed by atoms with Crippen molar-refractivity contribution >= 4 is 17.9 Å². The Kier molecular flexibility index (Phi) is 64.6. The van der Waals surface area contributed by atoms with Crippen molar-refractivity contribution in [1.29, 1.82) is 0 Å². The Bertz CT molecular complexity index is 1350. The fourth-order valence-electron chi connectivity index (χ4n) is 10.3. The summed E-state index contributed by atoms with van der Waals surface area (Å²) in [6, 6.07) is 0. The molecule has 0 aromatic carbocycles. The molecule has 0 aliphatic rings. The molecule has 0 bridgehead atoms. The van der Waals surface area contributed by atoms with Crippen molar-refractivity contribution in [1.82, 2.24) is 0 Å². The van der Waals surface area contributed by atoms with Crippen LogP contribution in [0.25, 0.3) is 0 Å². The van der Waals surface area contributed by atoms with E-state index >= 15 is 0 Å². The van der Waals surface area contributed by atoms with E-state index in [-0.39, 0.29) is 31.1 Å². The Morgan fingerprint density at radius 1 is 0.256 bits per heavy atom. The first kappa shape index (κ1) is 75.4. The number of ether oxygens (including phenoxy) is 3. The zero-order chi connectivity index (χ0) is 56.4. The molecule has 456 valence electrons. The minimum absolute atomic E-state index is 0.0707. The molecule has 0 saturated heterocycles. The zero-order valence-electron chi connectivity index (χ0n) is 52.5. The lowest BCUT2D eigenvalue weighted by atomic mass is 10.0. The second-order valence-electron chi connectivity index (χ2n) is 23.4. The molecule has 0 aliphatic carbocycles. The Balaban J connectivity index is 4.29. The quantitative estimate of drug-likeness (QED) is 0.0261. The second-order valence-corrected chi connectivity index (χ2v) is 23.4. The fraction of sp³-hybridized carbons (Fsp3) is 0.847. The maximum Gasteiger partial charge on any atom is 0.306 e. The summed E-state index contributed by atoms with van der Waals surface area (Å²) in [5.41, 5.74) is 0. The number of hydrogen-bond donors (Lipinski definition) is 0. The van der Waals surface area contributed by atoms with E-state index in [1.807, 2.05) is 0 Å². The lowest BCUT2D eigenvalue weighted by Crippen LogP contribution is -2.30. The average molecular weight is 1090 g/mol. The summed E-state index contributed by atoms with van der Waals surface area (Å²) < 4.78 is 17.0. The molecule has 0 N–H and O–H groups in total. The van der Waals surface area contributed by atoms with Crippen LogP contribution >= 0.6 is 0 Å². The molecule has 6 nitrogen and oxygen atoms in total. The van der Waals surface area contributed by atoms with Gasteiger partial charge in [0.1, 0.15) is 13.2 Å². The van der Waals surface area contributed by atoms with Crippen LogP contribution in [0.2, 0.25) is 0 Å². The van der Waals surface area contributed by atoms with Gasteiger partial charge < -0.3 is 14.2 Å². The van der Waals surface area contributed by atoms with E-state index in [4.69, 9.17) is 14.2 Å². The highest BCUT2D eigenvalue weighted by molar-refractivity contribution is 5.71. The summed E-state index contributed by atoms with van der Waals surface area (Å²) in [5, 5.41) is 0. The molecule has 0 fully saturated rings. The summed E-state index contributed by atoms with van der Waals surface area (Å²) in [7, 11) is 0. The summed E-state index contributed by atoms with van der Waals surface area (Å²) in [6.45, 7) is 6.69. The van der Waals surface area contributed by atoms with Crippen LogP contribution < -0.4 is 0 Å². The van der Waals surface area contributed by atoms with Crippen LogP contribution in [0.1, 0.15) is 374 Å². The molecule has 0 aromatic rings. The topological polar surface area (TPSA) is 78.9 Å². The number of hydrogen-bond acceptors (Lipinski definition) is 6. The molecule has 78 heavy (non-hydrogen) atoms. The van der Waals surface area contributed by atoms with Crippen LogP contribution in [0.15, 0.2) is 48.6 Å². The van der Waals surface area contributed by atoms with Crippen LogP contribution in [0.5, 0.6) is 0 Å². The van der Waals surface area contributed by atoms with Gasteiger partial charge in [-0.3, -0.25) is 14.4 Å². The summed E-state index contributed by atoms with van der Waals surface area (Å²) in [4.78, 5) is 38.4. The molecule has 0 saturated carbocycles. The lowest BCUT2D eigenvalue weighted by Gasteiger charge is -2.18. The third kappa shape index (κ3) is 64.2. The van der Waals surface area contributed by atoms with Crippen molar-refractivity contribution in [2.75, 3.05) is 13.2 Å². The first-order chi connectivity index (χ1) is 38.5. The number of carbonyl (C=O) groups is 3. The number of unbranched alkanes of at least 4 members (excludes halogenated alkanes) is 45. The maximum atomic E-state index is 12.9. The highest BCUT2D eigenvalue weighted by Gasteiger charge is 2.19. The summed E-state index contributed by atoms with van der Waals surface area (Å²) in [6.07, 6.45) is 84.1. The molecule has 1 atom stereocenters. The first-order valence-electron chi connectivity index (χ1n) is 34.6. The lowest BCUT2D eigenvalue weighted by molar-refractivity contribution is -0.167. The van der Waals surface area contributed by atoms with E-state index in [9.17, 15) is 14.4 Å². The number of allylic oxidation sites excluding steroid dienone is 8. The predicted octanol–water partition coefficient (Wildman–Crippen LogP) is 23.7. The molecule has 0 rings (SSSR count). The Labute approximate surface area is 486 Å². The van der Waals surface area contributed by atoms with E-state index in [0.29, 0.717) is 19.3 Å². The second kappa shape index (κ2) is 66.9. The molecule has 0 amide bonds. The van der Waals surface area contributed by atoms with E-state index in [1.54, 1.807) is 0 Å². The molecule has 0 radical (unpaired) electrons. The average Bonchev–Trinajstić information content (AvgIpc) is 3.44. The minimum Gasteiger partial charge on any atom is -0.462 e. The smallest absolute Gasteiger partial charge is 0.306 e. The van der Waals surface area contributed by atoms with Gasteiger partial charge in [-0.15, -0.1) is 0 Å². The monoisotopic (exact) mass is 1090 g/mol. The third-order valence-electron chi connectivity index (χ3n) is 15.6. The Morgan fingerprint density at radius 3 is 0.731 bits per heavy atom. The molecule has 0 heterocycles. The Morgan fingerprint density at radius 2 is 0.462 bits per heavy atom. The number of carbonyl (C=O) groups excluding carboxylic acids is 3. The van der Waals surface area contributed by atoms with Crippen LogP contribution in [-0.4, -0.2) is 37.2 Å². The van der Waals surface area contributed by atoms with Gasteiger partial charge in [-0.05, 0) is 83.5 Å². The van der Waals surface area contributed by atoms with Gasteiger partial charge in [-0.2, -0.15) is 0 Å². The molecule has 0 aliphatic heterocycles. The van der Waals surface area contributed by atoms with Gasteiger partial charge in [-0.1, -0.05) is 320 Å². The molecular formula is C72H132O6. The van der Waals surface area contributed by atoms with Crippen molar-refractivity contribution in [3.63, 3.8) is 0 Å². The SMILES string of the molecule is CCCCCCC/C=C\C/C=C\C/C=C\CCCCCCCCCCCCC(=O)OCC(COC(=O)CCCCCCCCCCCCCCCC)OC(=O)CCCCCCCCCCC/C=C\CCCCCCCCCC. The van der Waals surface area contributed by atoms with Crippen molar-refractivity contribution in [2.45, 2.75) is 380 Å². The number of rotatable bonds is 64. The van der Waals surface area contributed by atoms with Crippen LogP contribution in [-0.2, 0) is 28.6 Å². The number of esters is 3. The van der Waals surface area contributed by atoms with E-state index in [0.717, 1.165) is 70.6 Å². The summed E-state index contributed by atoms with van der Waals surface area (Å²) in [5.74, 6) is -0.852. The highest BCUT2D eigenvalue weighted by Crippen LogP contribution is 2.18. The molecule has 6 heteroatoms. The van der Waals surface area contributed by atoms with E-state index < -0.39 is 6.10 Å². The first-order valence-corrected chi connectivity index (χ1v) is 34.6. The fourth-order valence-corrected chi connectivity index (χ4v) is 10.3. The van der Waals surface area contributed by atoms with Gasteiger partial charge >= 0.3 is 17.9 Å². The van der Waals surface area contributed by atoms with E-state index in [2.05, 4.69) is 69.4 Å². The Hall–Kier alpha value is -2.63. The summed E-state index contributed by atoms with van der Waals surface area (Å²) >= 11 is 0. The minimum atomic E-state index is -0.775. The van der Waals surface area contributed by atoms with Crippen LogP contribution in [0.4, 0.5) is 0 Å². The van der Waals surface area contributed by atoms with Crippen molar-refractivity contribution in [3.8, 4) is 0 Å². The predicted molar refractivity (Wildman–Crippen MR) is 339 cm³/mol. The van der Waals surface area contributed by atoms with Gasteiger partial charge in [0.15, 0.2) is 6.10 Å².